The summed E-state index contributed by atoms with van der Waals surface area (Å²) >= 11 is 9.12. The SMILES string of the molecule is COc1ccc(C(=O)COC(=O)Cc2c(F)cccc2Cl)cc1Br. The molecule has 0 radical (unpaired) electrons. The van der Waals surface area contributed by atoms with E-state index in [0.29, 0.717) is 15.8 Å². The summed E-state index contributed by atoms with van der Waals surface area (Å²) in [5, 5.41) is 0.136. The van der Waals surface area contributed by atoms with Gasteiger partial charge < -0.3 is 9.47 Å². The number of methoxy groups -OCH3 is 1. The van der Waals surface area contributed by atoms with Crippen molar-refractivity contribution in [1.29, 1.82) is 0 Å². The lowest BCUT2D eigenvalue weighted by atomic mass is 10.1. The van der Waals surface area contributed by atoms with Gasteiger partial charge in [0.25, 0.3) is 0 Å². The van der Waals surface area contributed by atoms with Crippen molar-refractivity contribution in [2.45, 2.75) is 6.42 Å². The van der Waals surface area contributed by atoms with E-state index in [-0.39, 0.29) is 22.8 Å². The van der Waals surface area contributed by atoms with E-state index in [2.05, 4.69) is 15.9 Å². The molecule has 0 atom stereocenters. The molecule has 0 aliphatic heterocycles. The van der Waals surface area contributed by atoms with Gasteiger partial charge in [0, 0.05) is 16.1 Å². The zero-order valence-corrected chi connectivity index (χ0v) is 15.0. The summed E-state index contributed by atoms with van der Waals surface area (Å²) in [4.78, 5) is 23.8. The van der Waals surface area contributed by atoms with Crippen molar-refractivity contribution in [2.24, 2.45) is 0 Å². The average Bonchev–Trinajstić information content (AvgIpc) is 2.56. The van der Waals surface area contributed by atoms with E-state index in [1.165, 1.54) is 25.3 Å². The molecule has 0 saturated heterocycles. The maximum absolute atomic E-state index is 13.6. The first-order chi connectivity index (χ1) is 11.4. The largest absolute Gasteiger partial charge is 0.496 e. The number of hydrogen-bond acceptors (Lipinski definition) is 4. The third kappa shape index (κ3) is 4.55. The maximum atomic E-state index is 13.6. The van der Waals surface area contributed by atoms with Gasteiger partial charge in [0.15, 0.2) is 12.4 Å². The smallest absolute Gasteiger partial charge is 0.310 e. The van der Waals surface area contributed by atoms with Gasteiger partial charge in [-0.15, -0.1) is 0 Å². The molecule has 0 fully saturated rings. The molecule has 0 aliphatic rings. The van der Waals surface area contributed by atoms with E-state index >= 15 is 0 Å². The minimum Gasteiger partial charge on any atom is -0.496 e. The highest BCUT2D eigenvalue weighted by molar-refractivity contribution is 9.10. The second-order valence-electron chi connectivity index (χ2n) is 4.81. The lowest BCUT2D eigenvalue weighted by Gasteiger charge is -2.08. The Hall–Kier alpha value is -1.92. The van der Waals surface area contributed by atoms with E-state index in [0.717, 1.165) is 0 Å². The zero-order valence-electron chi connectivity index (χ0n) is 12.6. The van der Waals surface area contributed by atoms with Crippen LogP contribution < -0.4 is 4.74 Å². The van der Waals surface area contributed by atoms with Gasteiger partial charge in [0.05, 0.1) is 18.0 Å². The summed E-state index contributed by atoms with van der Waals surface area (Å²) in [5.41, 5.74) is 0.406. The fourth-order valence-corrected chi connectivity index (χ4v) is 2.74. The van der Waals surface area contributed by atoms with Crippen molar-refractivity contribution in [3.05, 3.63) is 62.8 Å². The second kappa shape index (κ2) is 8.26. The van der Waals surface area contributed by atoms with Crippen molar-refractivity contribution in [3.63, 3.8) is 0 Å². The molecule has 126 valence electrons. The lowest BCUT2D eigenvalue weighted by Crippen LogP contribution is -2.16. The molecule has 0 spiro atoms. The Bertz CT molecular complexity index is 759. The number of rotatable bonds is 6. The number of carbonyl (C=O) groups excluding carboxylic acids is 2. The number of Topliss-reactive ketones (excluding diaryl/α,β-unsaturated/α-hetero) is 1. The Labute approximate surface area is 151 Å². The molecule has 0 aliphatic carbocycles. The molecule has 2 aromatic rings. The van der Waals surface area contributed by atoms with Crippen LogP contribution >= 0.6 is 27.5 Å². The summed E-state index contributed by atoms with van der Waals surface area (Å²) in [5.74, 6) is -1.13. The summed E-state index contributed by atoms with van der Waals surface area (Å²) < 4.78 is 24.2. The Kier molecular flexibility index (Phi) is 6.34. The summed E-state index contributed by atoms with van der Waals surface area (Å²) in [6.07, 6.45) is -0.342. The van der Waals surface area contributed by atoms with Crippen LogP contribution in [0.5, 0.6) is 5.75 Å². The molecule has 24 heavy (non-hydrogen) atoms. The molecule has 0 saturated carbocycles. The molecule has 2 aromatic carbocycles. The first-order valence-corrected chi connectivity index (χ1v) is 8.04. The molecule has 0 bridgehead atoms. The van der Waals surface area contributed by atoms with E-state index in [1.807, 2.05) is 0 Å². The van der Waals surface area contributed by atoms with Gasteiger partial charge in [-0.1, -0.05) is 17.7 Å². The van der Waals surface area contributed by atoms with Gasteiger partial charge in [-0.05, 0) is 46.3 Å². The first-order valence-electron chi connectivity index (χ1n) is 6.87. The van der Waals surface area contributed by atoms with Gasteiger partial charge in [0.1, 0.15) is 11.6 Å². The van der Waals surface area contributed by atoms with E-state index < -0.39 is 18.4 Å². The minimum absolute atomic E-state index is 0.0452. The molecule has 0 aromatic heterocycles. The summed E-state index contributed by atoms with van der Waals surface area (Å²) in [6.45, 7) is -0.441. The Morgan fingerprint density at radius 3 is 2.62 bits per heavy atom. The zero-order chi connectivity index (χ0) is 17.7. The Balaban J connectivity index is 1.96. The molecule has 2 rings (SSSR count). The Morgan fingerprint density at radius 1 is 1.25 bits per heavy atom. The van der Waals surface area contributed by atoms with Crippen LogP contribution in [0.2, 0.25) is 5.02 Å². The summed E-state index contributed by atoms with van der Waals surface area (Å²) in [6, 6.07) is 8.88. The van der Waals surface area contributed by atoms with E-state index in [1.54, 1.807) is 18.2 Å². The molecule has 4 nitrogen and oxygen atoms in total. The van der Waals surface area contributed by atoms with Gasteiger partial charge in [0.2, 0.25) is 0 Å². The molecule has 0 amide bonds. The highest BCUT2D eigenvalue weighted by atomic mass is 79.9. The lowest BCUT2D eigenvalue weighted by molar-refractivity contribution is -0.141. The normalized spacial score (nSPS) is 10.3. The fraction of sp³-hybridized carbons (Fsp3) is 0.176. The van der Waals surface area contributed by atoms with Gasteiger partial charge in [-0.2, -0.15) is 0 Å². The summed E-state index contributed by atoms with van der Waals surface area (Å²) in [7, 11) is 1.51. The van der Waals surface area contributed by atoms with Crippen molar-refractivity contribution in [3.8, 4) is 5.75 Å². The number of ether oxygens (including phenoxy) is 2. The van der Waals surface area contributed by atoms with Crippen molar-refractivity contribution >= 4 is 39.3 Å². The van der Waals surface area contributed by atoms with E-state index in [9.17, 15) is 14.0 Å². The third-order valence-electron chi connectivity index (χ3n) is 3.22. The molecule has 0 heterocycles. The molecule has 0 unspecified atom stereocenters. The maximum Gasteiger partial charge on any atom is 0.310 e. The topological polar surface area (TPSA) is 52.6 Å². The van der Waals surface area contributed by atoms with Crippen LogP contribution in [0.4, 0.5) is 4.39 Å². The van der Waals surface area contributed by atoms with Crippen LogP contribution in [-0.4, -0.2) is 25.5 Å². The standard InChI is InChI=1S/C17H13BrClFO4/c1-23-16-6-5-10(7-12(16)18)15(21)9-24-17(22)8-11-13(19)3-2-4-14(11)20/h2-7H,8-9H2,1H3. The Morgan fingerprint density at radius 2 is 2.00 bits per heavy atom. The first kappa shape index (κ1) is 18.4. The van der Waals surface area contributed by atoms with Crippen LogP contribution in [0.1, 0.15) is 15.9 Å². The van der Waals surface area contributed by atoms with Crippen LogP contribution in [0, 0.1) is 5.82 Å². The second-order valence-corrected chi connectivity index (χ2v) is 6.07. The number of carbonyl (C=O) groups is 2. The minimum atomic E-state index is -0.733. The fourth-order valence-electron chi connectivity index (χ4n) is 1.97. The van der Waals surface area contributed by atoms with Crippen LogP contribution in [-0.2, 0) is 16.0 Å². The monoisotopic (exact) mass is 414 g/mol. The van der Waals surface area contributed by atoms with Crippen molar-refractivity contribution in [2.75, 3.05) is 13.7 Å². The predicted molar refractivity (Wildman–Crippen MR) is 91.1 cm³/mol. The average molecular weight is 416 g/mol. The number of benzene rings is 2. The number of ketones is 1. The number of halogens is 3. The van der Waals surface area contributed by atoms with Crippen LogP contribution in [0.15, 0.2) is 40.9 Å². The highest BCUT2D eigenvalue weighted by Crippen LogP contribution is 2.25. The quantitative estimate of drug-likeness (QED) is 0.524. The van der Waals surface area contributed by atoms with Gasteiger partial charge in [-0.25, -0.2) is 4.39 Å². The molecule has 7 heteroatoms. The van der Waals surface area contributed by atoms with Crippen molar-refractivity contribution in [1.82, 2.24) is 0 Å². The van der Waals surface area contributed by atoms with Crippen molar-refractivity contribution < 1.29 is 23.5 Å². The van der Waals surface area contributed by atoms with E-state index in [4.69, 9.17) is 21.1 Å². The van der Waals surface area contributed by atoms with Crippen LogP contribution in [0.25, 0.3) is 0 Å². The predicted octanol–water partition coefficient (Wildman–Crippen LogP) is 4.22. The molecular formula is C17H13BrClFO4. The highest BCUT2D eigenvalue weighted by Gasteiger charge is 2.15. The molecule has 0 N–H and O–H groups in total. The third-order valence-corrected chi connectivity index (χ3v) is 4.19. The number of hydrogen-bond donors (Lipinski definition) is 0. The van der Waals surface area contributed by atoms with Crippen LogP contribution in [0.3, 0.4) is 0 Å². The van der Waals surface area contributed by atoms with Gasteiger partial charge in [-0.3, -0.25) is 9.59 Å². The number of esters is 1. The molecular weight excluding hydrogens is 403 g/mol. The van der Waals surface area contributed by atoms with Gasteiger partial charge >= 0.3 is 5.97 Å².